The van der Waals surface area contributed by atoms with Gasteiger partial charge in [0, 0.05) is 19.4 Å². The molecule has 0 aromatic heterocycles. The Morgan fingerprint density at radius 3 is 3.00 bits per heavy atom. The highest BCUT2D eigenvalue weighted by Gasteiger charge is 2.47. The van der Waals surface area contributed by atoms with Crippen LogP contribution in [0, 0.1) is 17.3 Å². The second-order valence-corrected chi connectivity index (χ2v) is 6.32. The molecular weight excluding hydrogens is 224 g/mol. The van der Waals surface area contributed by atoms with Crippen molar-refractivity contribution in [2.45, 2.75) is 45.1 Å². The van der Waals surface area contributed by atoms with Crippen LogP contribution in [0.4, 0.5) is 0 Å². The van der Waals surface area contributed by atoms with Crippen LogP contribution in [-0.2, 0) is 9.53 Å². The van der Waals surface area contributed by atoms with Crippen molar-refractivity contribution in [3.05, 3.63) is 23.8 Å². The number of fused-ring (bicyclic) bond motifs is 3. The zero-order valence-electron chi connectivity index (χ0n) is 11.3. The molecule has 0 aromatic rings. The SMILES string of the molecule is CO[C@H]1C=CC[C@H]2CC[C@@]3(C)CCC(=O)C=C3[C@H]21. The van der Waals surface area contributed by atoms with Crippen LogP contribution in [0.5, 0.6) is 0 Å². The summed E-state index contributed by atoms with van der Waals surface area (Å²) in [5, 5.41) is 0. The second-order valence-electron chi connectivity index (χ2n) is 6.32. The van der Waals surface area contributed by atoms with E-state index in [2.05, 4.69) is 19.1 Å². The first-order valence-corrected chi connectivity index (χ1v) is 7.08. The van der Waals surface area contributed by atoms with Crippen LogP contribution in [0.15, 0.2) is 23.8 Å². The molecule has 0 spiro atoms. The zero-order chi connectivity index (χ0) is 12.8. The number of ketones is 1. The standard InChI is InChI=1S/C16H22O2/c1-16-8-6-11-4-3-5-14(18-2)15(11)13(16)10-12(17)7-9-16/h3,5,10-11,14-15H,4,6-9H2,1-2H3/t11-,14-,15-,16-/m0/s1. The van der Waals surface area contributed by atoms with E-state index >= 15 is 0 Å². The normalized spacial score (nSPS) is 43.1. The number of carbonyl (C=O) groups excluding carboxylic acids is 1. The fourth-order valence-electron chi connectivity index (χ4n) is 4.11. The molecule has 4 atom stereocenters. The number of hydrogen-bond acceptors (Lipinski definition) is 2. The first kappa shape index (κ1) is 12.2. The van der Waals surface area contributed by atoms with Crippen LogP contribution < -0.4 is 0 Å². The lowest BCUT2D eigenvalue weighted by Gasteiger charge is -2.50. The van der Waals surface area contributed by atoms with Gasteiger partial charge in [-0.2, -0.15) is 0 Å². The van der Waals surface area contributed by atoms with Crippen molar-refractivity contribution in [3.63, 3.8) is 0 Å². The number of rotatable bonds is 1. The number of carbonyl (C=O) groups is 1. The highest BCUT2D eigenvalue weighted by Crippen LogP contribution is 2.54. The van der Waals surface area contributed by atoms with Gasteiger partial charge in [0.15, 0.2) is 5.78 Å². The fourth-order valence-corrected chi connectivity index (χ4v) is 4.11. The van der Waals surface area contributed by atoms with Gasteiger partial charge in [-0.1, -0.05) is 24.6 Å². The molecule has 0 heterocycles. The summed E-state index contributed by atoms with van der Waals surface area (Å²) in [6, 6.07) is 0. The first-order chi connectivity index (χ1) is 8.64. The van der Waals surface area contributed by atoms with Gasteiger partial charge in [-0.3, -0.25) is 4.79 Å². The zero-order valence-corrected chi connectivity index (χ0v) is 11.3. The molecule has 0 amide bonds. The summed E-state index contributed by atoms with van der Waals surface area (Å²) in [6.07, 6.45) is 12.0. The summed E-state index contributed by atoms with van der Waals surface area (Å²) in [4.78, 5) is 11.8. The van der Waals surface area contributed by atoms with Gasteiger partial charge in [0.25, 0.3) is 0 Å². The average molecular weight is 246 g/mol. The Bertz CT molecular complexity index is 421. The summed E-state index contributed by atoms with van der Waals surface area (Å²) >= 11 is 0. The molecule has 0 saturated heterocycles. The van der Waals surface area contributed by atoms with Crippen molar-refractivity contribution in [3.8, 4) is 0 Å². The minimum absolute atomic E-state index is 0.167. The van der Waals surface area contributed by atoms with Gasteiger partial charge in [-0.25, -0.2) is 0 Å². The molecule has 2 nitrogen and oxygen atoms in total. The lowest BCUT2D eigenvalue weighted by atomic mass is 9.56. The molecule has 1 saturated carbocycles. The van der Waals surface area contributed by atoms with Crippen molar-refractivity contribution in [2.24, 2.45) is 17.3 Å². The Morgan fingerprint density at radius 1 is 1.39 bits per heavy atom. The van der Waals surface area contributed by atoms with E-state index in [-0.39, 0.29) is 11.5 Å². The van der Waals surface area contributed by atoms with Gasteiger partial charge in [-0.05, 0) is 43.1 Å². The predicted molar refractivity (Wildman–Crippen MR) is 71.2 cm³/mol. The molecule has 3 aliphatic carbocycles. The molecule has 0 aromatic carbocycles. The van der Waals surface area contributed by atoms with E-state index in [1.165, 1.54) is 18.4 Å². The van der Waals surface area contributed by atoms with E-state index in [1.54, 1.807) is 7.11 Å². The summed E-state index contributed by atoms with van der Waals surface area (Å²) in [5.41, 5.74) is 1.63. The summed E-state index contributed by atoms with van der Waals surface area (Å²) in [5.74, 6) is 1.42. The number of hydrogen-bond donors (Lipinski definition) is 0. The molecule has 3 rings (SSSR count). The van der Waals surface area contributed by atoms with E-state index < -0.39 is 0 Å². The molecule has 1 fully saturated rings. The van der Waals surface area contributed by atoms with Gasteiger partial charge in [0.1, 0.15) is 0 Å². The predicted octanol–water partition coefficient (Wildman–Crippen LogP) is 3.28. The summed E-state index contributed by atoms with van der Waals surface area (Å²) in [6.45, 7) is 2.34. The third-order valence-corrected chi connectivity index (χ3v) is 5.26. The molecular formula is C16H22O2. The van der Waals surface area contributed by atoms with Gasteiger partial charge in [0.2, 0.25) is 0 Å². The molecule has 18 heavy (non-hydrogen) atoms. The molecule has 0 unspecified atom stereocenters. The van der Waals surface area contributed by atoms with E-state index in [1.807, 2.05) is 6.08 Å². The maximum absolute atomic E-state index is 11.8. The number of methoxy groups -OCH3 is 1. The van der Waals surface area contributed by atoms with Crippen molar-refractivity contribution < 1.29 is 9.53 Å². The van der Waals surface area contributed by atoms with Crippen molar-refractivity contribution >= 4 is 5.78 Å². The van der Waals surface area contributed by atoms with Crippen LogP contribution in [0.25, 0.3) is 0 Å². The number of ether oxygens (including phenoxy) is 1. The van der Waals surface area contributed by atoms with Crippen LogP contribution >= 0.6 is 0 Å². The lowest BCUT2D eigenvalue weighted by Crippen LogP contribution is -2.44. The van der Waals surface area contributed by atoms with Crippen LogP contribution in [0.1, 0.15) is 39.0 Å². The Hall–Kier alpha value is -0.890. The highest BCUT2D eigenvalue weighted by molar-refractivity contribution is 5.91. The van der Waals surface area contributed by atoms with Crippen LogP contribution in [0.2, 0.25) is 0 Å². The third kappa shape index (κ3) is 1.78. The molecule has 0 radical (unpaired) electrons. The fraction of sp³-hybridized carbons (Fsp3) is 0.688. The smallest absolute Gasteiger partial charge is 0.155 e. The van der Waals surface area contributed by atoms with Gasteiger partial charge in [0.05, 0.1) is 6.10 Å². The van der Waals surface area contributed by atoms with Crippen molar-refractivity contribution in [1.29, 1.82) is 0 Å². The number of allylic oxidation sites excluding steroid dienone is 2. The Labute approximate surface area is 109 Å². The molecule has 0 aliphatic heterocycles. The van der Waals surface area contributed by atoms with E-state index in [4.69, 9.17) is 4.74 Å². The quantitative estimate of drug-likeness (QED) is 0.664. The van der Waals surface area contributed by atoms with Crippen molar-refractivity contribution in [1.82, 2.24) is 0 Å². The Balaban J connectivity index is 2.02. The van der Waals surface area contributed by atoms with Crippen molar-refractivity contribution in [2.75, 3.05) is 7.11 Å². The maximum atomic E-state index is 11.8. The molecule has 0 bridgehead atoms. The summed E-state index contributed by atoms with van der Waals surface area (Å²) < 4.78 is 5.65. The maximum Gasteiger partial charge on any atom is 0.155 e. The van der Waals surface area contributed by atoms with Gasteiger partial charge < -0.3 is 4.74 Å². The lowest BCUT2D eigenvalue weighted by molar-refractivity contribution is -0.116. The second kappa shape index (κ2) is 4.34. The van der Waals surface area contributed by atoms with Gasteiger partial charge >= 0.3 is 0 Å². The van der Waals surface area contributed by atoms with Gasteiger partial charge in [-0.15, -0.1) is 0 Å². The highest BCUT2D eigenvalue weighted by atomic mass is 16.5. The Kier molecular flexibility index (Phi) is 2.93. The minimum Gasteiger partial charge on any atom is -0.377 e. The molecule has 2 heteroatoms. The van der Waals surface area contributed by atoms with Crippen LogP contribution in [0.3, 0.4) is 0 Å². The topological polar surface area (TPSA) is 26.3 Å². The minimum atomic E-state index is 0.167. The van der Waals surface area contributed by atoms with Crippen LogP contribution in [-0.4, -0.2) is 19.0 Å². The third-order valence-electron chi connectivity index (χ3n) is 5.26. The van der Waals surface area contributed by atoms with E-state index in [9.17, 15) is 4.79 Å². The van der Waals surface area contributed by atoms with E-state index in [0.29, 0.717) is 17.6 Å². The Morgan fingerprint density at radius 2 is 2.22 bits per heavy atom. The molecule has 98 valence electrons. The largest absolute Gasteiger partial charge is 0.377 e. The average Bonchev–Trinajstić information content (AvgIpc) is 2.39. The monoisotopic (exact) mass is 246 g/mol. The molecule has 3 aliphatic rings. The first-order valence-electron chi connectivity index (χ1n) is 7.08. The van der Waals surface area contributed by atoms with E-state index in [0.717, 1.165) is 19.3 Å². The summed E-state index contributed by atoms with van der Waals surface area (Å²) in [7, 11) is 1.79. The molecule has 0 N–H and O–H groups in total.